The van der Waals surface area contributed by atoms with Gasteiger partial charge in [-0.2, -0.15) is 0 Å². The van der Waals surface area contributed by atoms with Crippen molar-refractivity contribution in [2.45, 2.75) is 19.2 Å². The Morgan fingerprint density at radius 1 is 1.00 bits per heavy atom. The molecule has 5 nitrogen and oxygen atoms in total. The summed E-state index contributed by atoms with van der Waals surface area (Å²) in [5, 5.41) is 10.6. The zero-order valence-corrected chi connectivity index (χ0v) is 18.4. The van der Waals surface area contributed by atoms with Crippen LogP contribution in [-0.2, 0) is 13.1 Å². The Labute approximate surface area is 180 Å². The predicted molar refractivity (Wildman–Crippen MR) is 119 cm³/mol. The third-order valence-corrected chi connectivity index (χ3v) is 5.21. The molecule has 3 rings (SSSR count). The van der Waals surface area contributed by atoms with Gasteiger partial charge in [-0.05, 0) is 57.9 Å². The minimum atomic E-state index is -0.627. The van der Waals surface area contributed by atoms with Crippen molar-refractivity contribution < 1.29 is 14.3 Å². The van der Waals surface area contributed by atoms with Gasteiger partial charge in [0.1, 0.15) is 24.2 Å². The Balaban J connectivity index is 1.62. The number of anilines is 1. The van der Waals surface area contributed by atoms with Crippen LogP contribution in [0.25, 0.3) is 0 Å². The van der Waals surface area contributed by atoms with E-state index in [1.807, 2.05) is 50.5 Å². The number of hydrogen-bond acceptors (Lipinski definition) is 5. The lowest BCUT2D eigenvalue weighted by Crippen LogP contribution is -2.35. The number of aliphatic hydroxyl groups excluding tert-OH is 1. The summed E-state index contributed by atoms with van der Waals surface area (Å²) in [5.74, 6) is 1.59. The van der Waals surface area contributed by atoms with Gasteiger partial charge in [0.15, 0.2) is 0 Å². The lowest BCUT2D eigenvalue weighted by Gasteiger charge is -2.25. The molecule has 0 radical (unpaired) electrons. The molecule has 0 aliphatic rings. The molecule has 0 spiro atoms. The van der Waals surface area contributed by atoms with Crippen LogP contribution in [0.3, 0.4) is 0 Å². The number of ether oxygens (including phenoxy) is 1. The average molecular weight is 459 g/mol. The molecule has 0 amide bonds. The Bertz CT molecular complexity index is 866. The highest BCUT2D eigenvalue weighted by molar-refractivity contribution is 9.10. The van der Waals surface area contributed by atoms with E-state index in [0.29, 0.717) is 19.6 Å². The first-order valence-corrected chi connectivity index (χ1v) is 10.4. The van der Waals surface area contributed by atoms with Crippen LogP contribution in [0.1, 0.15) is 11.3 Å². The van der Waals surface area contributed by atoms with Crippen LogP contribution in [0.5, 0.6) is 5.75 Å². The van der Waals surface area contributed by atoms with Crippen molar-refractivity contribution in [3.8, 4) is 5.75 Å². The van der Waals surface area contributed by atoms with Gasteiger partial charge in [-0.15, -0.1) is 0 Å². The number of rotatable bonds is 10. The summed E-state index contributed by atoms with van der Waals surface area (Å²) in [6, 6.07) is 19.9. The Kier molecular flexibility index (Phi) is 7.75. The molecule has 0 aliphatic carbocycles. The third kappa shape index (κ3) is 6.63. The molecule has 1 atom stereocenters. The normalized spacial score (nSPS) is 12.2. The minimum Gasteiger partial charge on any atom is -0.490 e. The first-order valence-electron chi connectivity index (χ1n) is 9.57. The van der Waals surface area contributed by atoms with Crippen LogP contribution < -0.4 is 9.64 Å². The topological polar surface area (TPSA) is 49.1 Å². The van der Waals surface area contributed by atoms with E-state index in [0.717, 1.165) is 21.7 Å². The summed E-state index contributed by atoms with van der Waals surface area (Å²) in [6.07, 6.45) is 1.05. The van der Waals surface area contributed by atoms with E-state index in [-0.39, 0.29) is 6.61 Å². The quantitative estimate of drug-likeness (QED) is 0.482. The number of halogens is 1. The lowest BCUT2D eigenvalue weighted by atomic mass is 10.1. The van der Waals surface area contributed by atoms with Gasteiger partial charge in [0.05, 0.1) is 17.3 Å². The minimum absolute atomic E-state index is 0.219. The van der Waals surface area contributed by atoms with E-state index in [4.69, 9.17) is 9.15 Å². The smallest absolute Gasteiger partial charge is 0.133 e. The van der Waals surface area contributed by atoms with Crippen molar-refractivity contribution in [3.63, 3.8) is 0 Å². The highest BCUT2D eigenvalue weighted by Crippen LogP contribution is 2.24. The van der Waals surface area contributed by atoms with Crippen molar-refractivity contribution in [2.75, 3.05) is 32.1 Å². The van der Waals surface area contributed by atoms with Gasteiger partial charge in [0.2, 0.25) is 0 Å². The molecule has 2 aromatic carbocycles. The monoisotopic (exact) mass is 458 g/mol. The van der Waals surface area contributed by atoms with Gasteiger partial charge in [-0.25, -0.2) is 0 Å². The number of hydrogen-bond donors (Lipinski definition) is 1. The van der Waals surface area contributed by atoms with Crippen molar-refractivity contribution in [2.24, 2.45) is 0 Å². The summed E-state index contributed by atoms with van der Waals surface area (Å²) >= 11 is 3.46. The summed E-state index contributed by atoms with van der Waals surface area (Å²) in [6.45, 7) is 2.02. The van der Waals surface area contributed by atoms with Crippen LogP contribution in [0.2, 0.25) is 0 Å². The Morgan fingerprint density at radius 3 is 2.41 bits per heavy atom. The Hall–Kier alpha value is -2.28. The van der Waals surface area contributed by atoms with E-state index in [1.165, 1.54) is 5.56 Å². The maximum atomic E-state index is 10.6. The van der Waals surface area contributed by atoms with Crippen molar-refractivity contribution in [3.05, 3.63) is 82.7 Å². The summed E-state index contributed by atoms with van der Waals surface area (Å²) in [5.41, 5.74) is 2.34. The van der Waals surface area contributed by atoms with Gasteiger partial charge in [-0.1, -0.05) is 24.3 Å². The van der Waals surface area contributed by atoms with Crippen LogP contribution >= 0.6 is 15.9 Å². The molecular weight excluding hydrogens is 432 g/mol. The van der Waals surface area contributed by atoms with Gasteiger partial charge in [-0.3, -0.25) is 4.90 Å². The van der Waals surface area contributed by atoms with Crippen molar-refractivity contribution in [1.29, 1.82) is 0 Å². The standard InChI is InChI=1S/C23H27BrN2O3/c1-25(2)19-11-9-18(10-12-19)14-26(16-21-6-5-13-28-21)15-20(27)17-29-23-8-4-3-7-22(23)24/h3-13,20,27H,14-17H2,1-2H3. The van der Waals surface area contributed by atoms with E-state index in [9.17, 15) is 5.11 Å². The first kappa shape index (κ1) is 21.4. The molecule has 1 unspecified atom stereocenters. The SMILES string of the molecule is CN(C)c1ccc(CN(Cc2ccco2)CC(O)COc2ccccc2Br)cc1. The zero-order chi connectivity index (χ0) is 20.6. The number of para-hydroxylation sites is 1. The van der Waals surface area contributed by atoms with E-state index >= 15 is 0 Å². The van der Waals surface area contributed by atoms with E-state index < -0.39 is 6.10 Å². The maximum Gasteiger partial charge on any atom is 0.133 e. The summed E-state index contributed by atoms with van der Waals surface area (Å²) < 4.78 is 12.2. The molecule has 0 saturated heterocycles. The van der Waals surface area contributed by atoms with Crippen LogP contribution in [0.4, 0.5) is 5.69 Å². The zero-order valence-electron chi connectivity index (χ0n) is 16.8. The molecule has 0 fully saturated rings. The fourth-order valence-electron chi connectivity index (χ4n) is 3.06. The second kappa shape index (κ2) is 10.5. The van der Waals surface area contributed by atoms with Gasteiger partial charge < -0.3 is 19.2 Å². The van der Waals surface area contributed by atoms with Crippen LogP contribution in [-0.4, -0.2) is 43.4 Å². The lowest BCUT2D eigenvalue weighted by molar-refractivity contribution is 0.0602. The van der Waals surface area contributed by atoms with Crippen LogP contribution in [0, 0.1) is 0 Å². The molecule has 1 heterocycles. The number of furan rings is 1. The summed E-state index contributed by atoms with van der Waals surface area (Å²) in [7, 11) is 4.05. The van der Waals surface area contributed by atoms with Crippen LogP contribution in [0.15, 0.2) is 75.8 Å². The number of benzene rings is 2. The van der Waals surface area contributed by atoms with Gasteiger partial charge in [0, 0.05) is 32.9 Å². The highest BCUT2D eigenvalue weighted by atomic mass is 79.9. The fraction of sp³-hybridized carbons (Fsp3) is 0.304. The Morgan fingerprint density at radius 2 is 1.76 bits per heavy atom. The predicted octanol–water partition coefficient (Wildman–Crippen LogP) is 4.55. The molecular formula is C23H27BrN2O3. The highest BCUT2D eigenvalue weighted by Gasteiger charge is 2.15. The molecule has 1 aromatic heterocycles. The molecule has 1 N–H and O–H groups in total. The van der Waals surface area contributed by atoms with Gasteiger partial charge in [0.25, 0.3) is 0 Å². The van der Waals surface area contributed by atoms with Gasteiger partial charge >= 0.3 is 0 Å². The molecule has 6 heteroatoms. The largest absolute Gasteiger partial charge is 0.490 e. The molecule has 3 aromatic rings. The summed E-state index contributed by atoms with van der Waals surface area (Å²) in [4.78, 5) is 4.24. The van der Waals surface area contributed by atoms with E-state index in [1.54, 1.807) is 6.26 Å². The maximum absolute atomic E-state index is 10.6. The number of aliphatic hydroxyl groups is 1. The second-order valence-corrected chi connectivity index (χ2v) is 8.06. The van der Waals surface area contributed by atoms with E-state index in [2.05, 4.69) is 50.0 Å². The molecule has 0 saturated carbocycles. The molecule has 154 valence electrons. The molecule has 0 bridgehead atoms. The average Bonchev–Trinajstić information content (AvgIpc) is 3.21. The van der Waals surface area contributed by atoms with Crippen molar-refractivity contribution in [1.82, 2.24) is 4.90 Å². The second-order valence-electron chi connectivity index (χ2n) is 7.21. The van der Waals surface area contributed by atoms with Crippen molar-refractivity contribution >= 4 is 21.6 Å². The third-order valence-electron chi connectivity index (χ3n) is 4.56. The molecule has 0 aliphatic heterocycles. The number of nitrogens with zero attached hydrogens (tertiary/aromatic N) is 2. The first-order chi connectivity index (χ1) is 14.0. The molecule has 29 heavy (non-hydrogen) atoms. The fourth-order valence-corrected chi connectivity index (χ4v) is 3.46.